The summed E-state index contributed by atoms with van der Waals surface area (Å²) in [6, 6.07) is 8.22. The first kappa shape index (κ1) is 19.2. The lowest BCUT2D eigenvalue weighted by Gasteiger charge is -2.19. The molecule has 1 aromatic carbocycles. The topological polar surface area (TPSA) is 100 Å². The van der Waals surface area contributed by atoms with E-state index in [-0.39, 0.29) is 24.1 Å². The number of anilines is 1. The molecule has 8 nitrogen and oxygen atoms in total. The largest absolute Gasteiger partial charge is 0.353 e. The highest BCUT2D eigenvalue weighted by Gasteiger charge is 2.26. The summed E-state index contributed by atoms with van der Waals surface area (Å²) in [5.41, 5.74) is -0.111. The van der Waals surface area contributed by atoms with E-state index in [9.17, 15) is 14.4 Å². The molecule has 0 saturated carbocycles. The number of nitrogens with one attached hydrogen (secondary N) is 2. The Labute approximate surface area is 171 Å². The molecule has 1 saturated heterocycles. The molecule has 1 aliphatic rings. The normalized spacial score (nSPS) is 16.3. The molecule has 1 amide bonds. The Kier molecular flexibility index (Phi) is 5.10. The second-order valence-corrected chi connectivity index (χ2v) is 7.36. The summed E-state index contributed by atoms with van der Waals surface area (Å²) in [6.45, 7) is 3.36. The van der Waals surface area contributed by atoms with Crippen LogP contribution in [0.5, 0.6) is 0 Å². The van der Waals surface area contributed by atoms with Gasteiger partial charge in [-0.1, -0.05) is 11.6 Å². The molecular weight excluding hydrogens is 394 g/mol. The molecular formula is C20H20ClN5O3. The Hall–Kier alpha value is -3.13. The van der Waals surface area contributed by atoms with Crippen LogP contribution in [0, 0.1) is 0 Å². The number of fused-ring (bicyclic) bond motifs is 1. The van der Waals surface area contributed by atoms with Crippen LogP contribution in [0.25, 0.3) is 10.9 Å². The van der Waals surface area contributed by atoms with Crippen molar-refractivity contribution >= 4 is 34.2 Å². The number of nitrogens with zero attached hydrogens (tertiary/aromatic N) is 3. The van der Waals surface area contributed by atoms with Gasteiger partial charge in [-0.2, -0.15) is 0 Å². The van der Waals surface area contributed by atoms with E-state index in [4.69, 9.17) is 11.6 Å². The lowest BCUT2D eigenvalue weighted by atomic mass is 10.1. The van der Waals surface area contributed by atoms with Gasteiger partial charge in [0.15, 0.2) is 0 Å². The third kappa shape index (κ3) is 3.63. The SMILES string of the molecule is CCn1c(=O)[nH]c2cc(C(=O)NC3CCN(c4ncccc4Cl)C3)ccc2c1=O. The van der Waals surface area contributed by atoms with Crippen LogP contribution in [-0.4, -0.2) is 39.6 Å². The summed E-state index contributed by atoms with van der Waals surface area (Å²) in [5.74, 6) is 0.452. The van der Waals surface area contributed by atoms with Crippen LogP contribution in [0.1, 0.15) is 23.7 Å². The van der Waals surface area contributed by atoms with Gasteiger partial charge in [-0.15, -0.1) is 0 Å². The zero-order chi connectivity index (χ0) is 20.5. The van der Waals surface area contributed by atoms with Gasteiger partial charge in [0.2, 0.25) is 0 Å². The summed E-state index contributed by atoms with van der Waals surface area (Å²) < 4.78 is 1.12. The monoisotopic (exact) mass is 413 g/mol. The number of carbonyl (C=O) groups excluding carboxylic acids is 1. The average Bonchev–Trinajstić information content (AvgIpc) is 3.16. The molecule has 1 atom stereocenters. The number of pyridine rings is 1. The van der Waals surface area contributed by atoms with Crippen molar-refractivity contribution in [3.8, 4) is 0 Å². The molecule has 0 radical (unpaired) electrons. The van der Waals surface area contributed by atoms with Crippen molar-refractivity contribution in [2.75, 3.05) is 18.0 Å². The maximum absolute atomic E-state index is 12.7. The van der Waals surface area contributed by atoms with Gasteiger partial charge in [0.1, 0.15) is 5.82 Å². The van der Waals surface area contributed by atoms with Crippen molar-refractivity contribution in [2.45, 2.75) is 25.9 Å². The van der Waals surface area contributed by atoms with Gasteiger partial charge >= 0.3 is 5.69 Å². The van der Waals surface area contributed by atoms with E-state index in [0.29, 0.717) is 33.9 Å². The van der Waals surface area contributed by atoms with E-state index >= 15 is 0 Å². The van der Waals surface area contributed by atoms with Gasteiger partial charge < -0.3 is 15.2 Å². The third-order valence-electron chi connectivity index (χ3n) is 5.12. The van der Waals surface area contributed by atoms with Gasteiger partial charge in [-0.25, -0.2) is 9.78 Å². The molecule has 3 heterocycles. The van der Waals surface area contributed by atoms with E-state index in [1.165, 1.54) is 6.07 Å². The van der Waals surface area contributed by atoms with Crippen LogP contribution in [0.4, 0.5) is 5.82 Å². The number of rotatable bonds is 4. The molecule has 4 rings (SSSR count). The first-order valence-electron chi connectivity index (χ1n) is 9.41. The number of benzene rings is 1. The third-order valence-corrected chi connectivity index (χ3v) is 5.42. The standard InChI is InChI=1S/C20H20ClN5O3/c1-2-26-19(28)14-6-5-12(10-16(14)24-20(26)29)18(27)23-13-7-9-25(11-13)17-15(21)4-3-8-22-17/h3-6,8,10,13H,2,7,9,11H2,1H3,(H,23,27)(H,24,29). The van der Waals surface area contributed by atoms with Crippen LogP contribution in [-0.2, 0) is 6.54 Å². The fourth-order valence-corrected chi connectivity index (χ4v) is 3.87. The Bertz CT molecular complexity index is 1200. The Balaban J connectivity index is 1.52. The first-order chi connectivity index (χ1) is 14.0. The fourth-order valence-electron chi connectivity index (χ4n) is 3.63. The summed E-state index contributed by atoms with van der Waals surface area (Å²) >= 11 is 6.21. The van der Waals surface area contributed by atoms with Crippen molar-refractivity contribution in [3.63, 3.8) is 0 Å². The predicted octanol–water partition coefficient (Wildman–Crippen LogP) is 1.77. The van der Waals surface area contributed by atoms with E-state index in [0.717, 1.165) is 17.5 Å². The highest BCUT2D eigenvalue weighted by atomic mass is 35.5. The maximum Gasteiger partial charge on any atom is 0.328 e. The minimum Gasteiger partial charge on any atom is -0.353 e. The minimum absolute atomic E-state index is 0.0524. The molecule has 3 aromatic rings. The van der Waals surface area contributed by atoms with Gasteiger partial charge in [-0.05, 0) is 43.7 Å². The maximum atomic E-state index is 12.7. The first-order valence-corrected chi connectivity index (χ1v) is 9.79. The van der Waals surface area contributed by atoms with E-state index in [2.05, 4.69) is 15.3 Å². The molecule has 1 fully saturated rings. The van der Waals surface area contributed by atoms with Crippen molar-refractivity contribution in [1.29, 1.82) is 0 Å². The highest BCUT2D eigenvalue weighted by Crippen LogP contribution is 2.25. The molecule has 1 aliphatic heterocycles. The highest BCUT2D eigenvalue weighted by molar-refractivity contribution is 6.32. The fraction of sp³-hybridized carbons (Fsp3) is 0.300. The van der Waals surface area contributed by atoms with Crippen LogP contribution in [0.15, 0.2) is 46.1 Å². The number of carbonyl (C=O) groups is 1. The molecule has 9 heteroatoms. The van der Waals surface area contributed by atoms with Crippen molar-refractivity contribution in [2.24, 2.45) is 0 Å². The lowest BCUT2D eigenvalue weighted by Crippen LogP contribution is -2.37. The summed E-state index contributed by atoms with van der Waals surface area (Å²) in [7, 11) is 0. The van der Waals surface area contributed by atoms with Gasteiger partial charge in [0.05, 0.1) is 15.9 Å². The second kappa shape index (κ2) is 7.71. The Morgan fingerprint density at radius 1 is 1.34 bits per heavy atom. The number of aromatic nitrogens is 3. The second-order valence-electron chi connectivity index (χ2n) is 6.95. The van der Waals surface area contributed by atoms with Crippen molar-refractivity contribution in [1.82, 2.24) is 19.9 Å². The van der Waals surface area contributed by atoms with Crippen LogP contribution < -0.4 is 21.5 Å². The molecule has 0 aliphatic carbocycles. The lowest BCUT2D eigenvalue weighted by molar-refractivity contribution is 0.0940. The average molecular weight is 414 g/mol. The van der Waals surface area contributed by atoms with Crippen LogP contribution in [0.2, 0.25) is 5.02 Å². The van der Waals surface area contributed by atoms with Crippen molar-refractivity contribution in [3.05, 3.63) is 68.0 Å². The van der Waals surface area contributed by atoms with Crippen LogP contribution in [0.3, 0.4) is 0 Å². The molecule has 29 heavy (non-hydrogen) atoms. The number of halogens is 1. The number of H-pyrrole nitrogens is 1. The molecule has 2 N–H and O–H groups in total. The van der Waals surface area contributed by atoms with Gasteiger partial charge in [0.25, 0.3) is 11.5 Å². The molecule has 2 aromatic heterocycles. The number of hydrogen-bond donors (Lipinski definition) is 2. The van der Waals surface area contributed by atoms with E-state index in [1.54, 1.807) is 37.4 Å². The van der Waals surface area contributed by atoms with Gasteiger partial charge in [0, 0.05) is 37.4 Å². The smallest absolute Gasteiger partial charge is 0.328 e. The number of aromatic amines is 1. The predicted molar refractivity (Wildman–Crippen MR) is 112 cm³/mol. The summed E-state index contributed by atoms with van der Waals surface area (Å²) in [5, 5.41) is 3.96. The molecule has 150 valence electrons. The van der Waals surface area contributed by atoms with E-state index in [1.807, 2.05) is 4.90 Å². The minimum atomic E-state index is -0.485. The summed E-state index contributed by atoms with van der Waals surface area (Å²) in [4.78, 5) is 46.1. The van der Waals surface area contributed by atoms with E-state index < -0.39 is 5.69 Å². The van der Waals surface area contributed by atoms with Gasteiger partial charge in [-0.3, -0.25) is 14.2 Å². The molecule has 1 unspecified atom stereocenters. The number of hydrogen-bond acceptors (Lipinski definition) is 5. The Morgan fingerprint density at radius 2 is 2.17 bits per heavy atom. The van der Waals surface area contributed by atoms with Crippen LogP contribution >= 0.6 is 11.6 Å². The Morgan fingerprint density at radius 3 is 2.93 bits per heavy atom. The summed E-state index contributed by atoms with van der Waals surface area (Å²) in [6.07, 6.45) is 2.46. The quantitative estimate of drug-likeness (QED) is 0.679. The molecule has 0 spiro atoms. The zero-order valence-corrected chi connectivity index (χ0v) is 16.6. The zero-order valence-electron chi connectivity index (χ0n) is 15.8. The molecule has 0 bridgehead atoms. The van der Waals surface area contributed by atoms with Crippen molar-refractivity contribution < 1.29 is 4.79 Å². The number of amides is 1.